The van der Waals surface area contributed by atoms with Crippen molar-refractivity contribution >= 4 is 62.0 Å². The molecule has 0 aromatic carbocycles. The number of ether oxygens (including phenoxy) is 2. The number of halogens is 3. The van der Waals surface area contributed by atoms with E-state index in [-0.39, 0.29) is 18.6 Å². The van der Waals surface area contributed by atoms with E-state index in [1.807, 2.05) is 23.1 Å². The lowest BCUT2D eigenvalue weighted by Crippen LogP contribution is -2.36. The summed E-state index contributed by atoms with van der Waals surface area (Å²) in [5.74, 6) is -2.06. The van der Waals surface area contributed by atoms with Gasteiger partial charge in [0.2, 0.25) is 0 Å². The van der Waals surface area contributed by atoms with Crippen molar-refractivity contribution in [2.45, 2.75) is 38.0 Å². The van der Waals surface area contributed by atoms with Crippen molar-refractivity contribution in [1.29, 1.82) is 0 Å². The third kappa shape index (κ3) is 8.75. The summed E-state index contributed by atoms with van der Waals surface area (Å²) in [6.07, 6.45) is -1.26. The molecule has 3 aliphatic rings. The molecule has 1 amide bonds. The van der Waals surface area contributed by atoms with Crippen molar-refractivity contribution in [3.05, 3.63) is 30.0 Å². The van der Waals surface area contributed by atoms with E-state index in [0.717, 1.165) is 54.7 Å². The molecule has 3 aromatic rings. The van der Waals surface area contributed by atoms with E-state index < -0.39 is 18.1 Å². The minimum absolute atomic E-state index is 0.138. The number of anilines is 4. The zero-order valence-electron chi connectivity index (χ0n) is 25.4. The number of carboxylic acid groups (broad SMARTS) is 1. The Kier molecular flexibility index (Phi) is 10.9. The van der Waals surface area contributed by atoms with Crippen molar-refractivity contribution in [3.8, 4) is 0 Å². The number of aliphatic carboxylic acids is 1. The van der Waals surface area contributed by atoms with Gasteiger partial charge < -0.3 is 40.3 Å². The number of rotatable bonds is 7. The van der Waals surface area contributed by atoms with E-state index in [9.17, 15) is 22.8 Å². The van der Waals surface area contributed by atoms with E-state index in [4.69, 9.17) is 35.1 Å². The Labute approximate surface area is 271 Å². The van der Waals surface area contributed by atoms with Crippen LogP contribution in [0.3, 0.4) is 0 Å². The van der Waals surface area contributed by atoms with Crippen molar-refractivity contribution in [1.82, 2.24) is 15.0 Å². The van der Waals surface area contributed by atoms with E-state index >= 15 is 0 Å². The highest BCUT2D eigenvalue weighted by Crippen LogP contribution is 2.36. The number of morpholine rings is 1. The predicted molar refractivity (Wildman–Crippen MR) is 168 cm³/mol. The molecular formula is C29H35F3N8O6S. The normalized spacial score (nSPS) is 18.5. The average Bonchev–Trinajstić information content (AvgIpc) is 3.72. The predicted octanol–water partition coefficient (Wildman–Crippen LogP) is 2.88. The number of pyridine rings is 2. The summed E-state index contributed by atoms with van der Waals surface area (Å²) in [7, 11) is 0. The van der Waals surface area contributed by atoms with Crippen LogP contribution >= 0.6 is 11.3 Å². The summed E-state index contributed by atoms with van der Waals surface area (Å²) < 4.78 is 43.5. The molecule has 47 heavy (non-hydrogen) atoms. The standard InChI is InChI=1S/C27H34N8O4S.C2HF3O2/c28-16-23(36)39-18-7-10-35(17-18)22-6-4-5-19(29-22)26(37)30-20-15-21-24(31-25(20)33-8-2-1-3-9-33)32-27(40-21)34-11-13-38-14-12-34;3-2(4,5)1(6)7/h4-6,15,18H,1-3,7-14,16-17,28H2,(H,30,37);(H,6,7)/t18-;/m0./s1. The number of aromatic nitrogens is 3. The number of piperidine rings is 1. The first-order chi connectivity index (χ1) is 22.5. The summed E-state index contributed by atoms with van der Waals surface area (Å²) in [6, 6.07) is 7.38. The average molecular weight is 681 g/mol. The molecule has 3 fully saturated rings. The molecule has 18 heteroatoms. The molecule has 0 unspecified atom stereocenters. The minimum atomic E-state index is -5.08. The van der Waals surface area contributed by atoms with Crippen LogP contribution < -0.4 is 25.8 Å². The van der Waals surface area contributed by atoms with Gasteiger partial charge >= 0.3 is 18.1 Å². The van der Waals surface area contributed by atoms with Gasteiger partial charge in [-0.1, -0.05) is 17.4 Å². The highest BCUT2D eigenvalue weighted by molar-refractivity contribution is 7.22. The Balaban J connectivity index is 0.000000559. The van der Waals surface area contributed by atoms with Crippen LogP contribution in [0.4, 0.5) is 35.6 Å². The van der Waals surface area contributed by atoms with Crippen molar-refractivity contribution < 1.29 is 42.1 Å². The van der Waals surface area contributed by atoms with Gasteiger partial charge in [0.1, 0.15) is 17.6 Å². The lowest BCUT2D eigenvalue weighted by Gasteiger charge is -2.29. The molecule has 0 bridgehead atoms. The zero-order chi connectivity index (χ0) is 33.6. The van der Waals surface area contributed by atoms with Crippen LogP contribution in [-0.4, -0.2) is 109 Å². The highest BCUT2D eigenvalue weighted by Gasteiger charge is 2.38. The highest BCUT2D eigenvalue weighted by atomic mass is 32.1. The first-order valence-electron chi connectivity index (χ1n) is 15.1. The maximum absolute atomic E-state index is 13.5. The number of nitrogens with one attached hydrogen (secondary N) is 1. The quantitative estimate of drug-likeness (QED) is 0.311. The van der Waals surface area contributed by atoms with Crippen LogP contribution in [0.15, 0.2) is 24.3 Å². The van der Waals surface area contributed by atoms with Gasteiger partial charge in [0.05, 0.1) is 36.7 Å². The van der Waals surface area contributed by atoms with Crippen LogP contribution in [0.1, 0.15) is 36.2 Å². The number of carbonyl (C=O) groups is 3. The Hall–Kier alpha value is -4.29. The maximum atomic E-state index is 13.5. The van der Waals surface area contributed by atoms with E-state index in [1.165, 1.54) is 6.42 Å². The Morgan fingerprint density at radius 3 is 2.43 bits per heavy atom. The summed E-state index contributed by atoms with van der Waals surface area (Å²) >= 11 is 1.58. The van der Waals surface area contributed by atoms with Crippen molar-refractivity contribution in [2.75, 3.05) is 79.0 Å². The van der Waals surface area contributed by atoms with Crippen LogP contribution in [0.2, 0.25) is 0 Å². The van der Waals surface area contributed by atoms with Gasteiger partial charge in [-0.15, -0.1) is 0 Å². The summed E-state index contributed by atoms with van der Waals surface area (Å²) in [5, 5.41) is 11.2. The first-order valence-corrected chi connectivity index (χ1v) is 16.0. The van der Waals surface area contributed by atoms with Gasteiger partial charge in [0, 0.05) is 39.1 Å². The van der Waals surface area contributed by atoms with E-state index in [0.29, 0.717) is 55.6 Å². The number of carbonyl (C=O) groups excluding carboxylic acids is 2. The van der Waals surface area contributed by atoms with Crippen LogP contribution in [0, 0.1) is 0 Å². The van der Waals surface area contributed by atoms with Gasteiger partial charge in [-0.2, -0.15) is 18.2 Å². The molecule has 4 N–H and O–H groups in total. The molecule has 3 saturated heterocycles. The second kappa shape index (κ2) is 15.1. The molecule has 14 nitrogen and oxygen atoms in total. The number of esters is 1. The maximum Gasteiger partial charge on any atom is 0.490 e. The van der Waals surface area contributed by atoms with E-state index in [2.05, 4.69) is 20.1 Å². The summed E-state index contributed by atoms with van der Waals surface area (Å²) in [6.45, 7) is 5.81. The fourth-order valence-corrected chi connectivity index (χ4v) is 6.35. The fraction of sp³-hybridized carbons (Fsp3) is 0.517. The largest absolute Gasteiger partial charge is 0.490 e. The second-order valence-electron chi connectivity index (χ2n) is 11.0. The molecule has 3 aromatic heterocycles. The zero-order valence-corrected chi connectivity index (χ0v) is 26.2. The molecule has 0 spiro atoms. The molecule has 6 heterocycles. The molecule has 0 aliphatic carbocycles. The second-order valence-corrected chi connectivity index (χ2v) is 12.0. The SMILES string of the molecule is NCC(=O)O[C@H]1CCN(c2cccc(C(=O)Nc3cc4sc(N5CCOCC5)nc4nc3N3CCCCC3)n2)C1.O=C(O)C(F)(F)F. The Morgan fingerprint density at radius 2 is 1.74 bits per heavy atom. The molecule has 3 aliphatic heterocycles. The van der Waals surface area contributed by atoms with Gasteiger partial charge in [0.15, 0.2) is 16.6 Å². The Bertz CT molecular complexity index is 1580. The topological polar surface area (TPSA) is 176 Å². The van der Waals surface area contributed by atoms with Gasteiger partial charge in [-0.3, -0.25) is 9.59 Å². The number of carboxylic acids is 1. The van der Waals surface area contributed by atoms with E-state index in [1.54, 1.807) is 17.4 Å². The molecule has 0 saturated carbocycles. The smallest absolute Gasteiger partial charge is 0.475 e. The molecule has 6 rings (SSSR count). The van der Waals surface area contributed by atoms with Gasteiger partial charge in [0.25, 0.3) is 5.91 Å². The lowest BCUT2D eigenvalue weighted by molar-refractivity contribution is -0.192. The summed E-state index contributed by atoms with van der Waals surface area (Å²) in [4.78, 5) is 54.9. The molecule has 1 atom stereocenters. The Morgan fingerprint density at radius 1 is 1.02 bits per heavy atom. The number of amides is 1. The number of hydrogen-bond donors (Lipinski definition) is 3. The third-order valence-corrected chi connectivity index (χ3v) is 8.73. The first kappa shape index (κ1) is 34.1. The van der Waals surface area contributed by atoms with Gasteiger partial charge in [-0.05, 0) is 37.5 Å². The van der Waals surface area contributed by atoms with Crippen LogP contribution in [0.5, 0.6) is 0 Å². The van der Waals surface area contributed by atoms with Crippen LogP contribution in [0.25, 0.3) is 10.3 Å². The minimum Gasteiger partial charge on any atom is -0.475 e. The monoisotopic (exact) mass is 680 g/mol. The van der Waals surface area contributed by atoms with Crippen molar-refractivity contribution in [2.24, 2.45) is 5.73 Å². The number of hydrogen-bond acceptors (Lipinski definition) is 13. The number of fused-ring (bicyclic) bond motifs is 1. The molecular weight excluding hydrogens is 645 g/mol. The summed E-state index contributed by atoms with van der Waals surface area (Å²) in [5.41, 5.74) is 7.05. The number of alkyl halides is 3. The molecule has 254 valence electrons. The lowest BCUT2D eigenvalue weighted by atomic mass is 10.1. The van der Waals surface area contributed by atoms with Gasteiger partial charge in [-0.25, -0.2) is 14.8 Å². The van der Waals surface area contributed by atoms with Crippen molar-refractivity contribution in [3.63, 3.8) is 0 Å². The van der Waals surface area contributed by atoms with Crippen LogP contribution in [-0.2, 0) is 19.1 Å². The molecule has 0 radical (unpaired) electrons. The fourth-order valence-electron chi connectivity index (χ4n) is 5.35. The number of nitrogens with zero attached hydrogens (tertiary/aromatic N) is 6. The third-order valence-electron chi connectivity index (χ3n) is 7.68. The number of thiazole rings is 1. The number of nitrogens with two attached hydrogens (primary N) is 1.